The molecule has 0 radical (unpaired) electrons. The molecule has 2 aromatic rings. The Kier molecular flexibility index (Phi) is 7.09. The summed E-state index contributed by atoms with van der Waals surface area (Å²) in [5.41, 5.74) is 1.70. The lowest BCUT2D eigenvalue weighted by molar-refractivity contribution is 0.233. The summed E-state index contributed by atoms with van der Waals surface area (Å²) in [6.45, 7) is 5.37. The number of anilines is 3. The number of methoxy groups -OCH3 is 1. The Morgan fingerprint density at radius 1 is 1.28 bits per heavy atom. The zero-order valence-electron chi connectivity index (χ0n) is 17.2. The van der Waals surface area contributed by atoms with Gasteiger partial charge in [-0.05, 0) is 32.0 Å². The van der Waals surface area contributed by atoms with Crippen LogP contribution in [0.2, 0.25) is 0 Å². The number of rotatable bonds is 9. The number of nitrogens with one attached hydrogen (secondary N) is 2. The van der Waals surface area contributed by atoms with E-state index in [0.29, 0.717) is 36.4 Å². The van der Waals surface area contributed by atoms with Gasteiger partial charge in [0.05, 0.1) is 19.8 Å². The SMILES string of the molecule is CNc1cc(C)nc(Nc2ccc(OC)c(OCC3CCN(CCC#N)C3)c2)n1. The highest BCUT2D eigenvalue weighted by atomic mass is 16.5. The van der Waals surface area contributed by atoms with Crippen LogP contribution >= 0.6 is 0 Å². The minimum Gasteiger partial charge on any atom is -0.493 e. The summed E-state index contributed by atoms with van der Waals surface area (Å²) in [5, 5.41) is 15.0. The first-order valence-corrected chi connectivity index (χ1v) is 9.82. The summed E-state index contributed by atoms with van der Waals surface area (Å²) < 4.78 is 11.6. The zero-order chi connectivity index (χ0) is 20.6. The van der Waals surface area contributed by atoms with Crippen molar-refractivity contribution in [3.8, 4) is 17.6 Å². The van der Waals surface area contributed by atoms with Crippen molar-refractivity contribution in [3.63, 3.8) is 0 Å². The van der Waals surface area contributed by atoms with Gasteiger partial charge in [0, 0.05) is 56.0 Å². The van der Waals surface area contributed by atoms with E-state index in [-0.39, 0.29) is 0 Å². The summed E-state index contributed by atoms with van der Waals surface area (Å²) in [6, 6.07) is 9.79. The second kappa shape index (κ2) is 9.94. The van der Waals surface area contributed by atoms with Crippen molar-refractivity contribution in [2.24, 2.45) is 5.92 Å². The van der Waals surface area contributed by atoms with E-state index < -0.39 is 0 Å². The molecule has 1 aliphatic heterocycles. The Labute approximate surface area is 171 Å². The minimum absolute atomic E-state index is 0.452. The van der Waals surface area contributed by atoms with Crippen LogP contribution in [-0.4, -0.2) is 55.3 Å². The molecule has 2 N–H and O–H groups in total. The van der Waals surface area contributed by atoms with Crippen molar-refractivity contribution < 1.29 is 9.47 Å². The van der Waals surface area contributed by atoms with Crippen LogP contribution in [0.25, 0.3) is 0 Å². The van der Waals surface area contributed by atoms with E-state index in [2.05, 4.69) is 31.6 Å². The summed E-state index contributed by atoms with van der Waals surface area (Å²) in [7, 11) is 3.46. The molecule has 8 heteroatoms. The maximum absolute atomic E-state index is 8.74. The van der Waals surface area contributed by atoms with Gasteiger partial charge in [0.15, 0.2) is 11.5 Å². The van der Waals surface area contributed by atoms with Gasteiger partial charge in [0.1, 0.15) is 5.82 Å². The second-order valence-corrected chi connectivity index (χ2v) is 7.13. The molecule has 1 aliphatic rings. The average Bonchev–Trinajstić information content (AvgIpc) is 3.18. The molecule has 8 nitrogen and oxygen atoms in total. The molecule has 0 amide bonds. The van der Waals surface area contributed by atoms with E-state index in [0.717, 1.165) is 43.3 Å². The zero-order valence-corrected chi connectivity index (χ0v) is 17.2. The number of likely N-dealkylation sites (tertiary alicyclic amines) is 1. The standard InChI is InChI=1S/C21H28N6O2/c1-15-11-20(23-2)26-21(24-15)25-17-5-6-18(28-3)19(12-17)29-14-16-7-10-27(13-16)9-4-8-22/h5-6,11-12,16H,4,7,9-10,13-14H2,1-3H3,(H2,23,24,25,26). The van der Waals surface area contributed by atoms with Crippen molar-refractivity contribution in [1.29, 1.82) is 5.26 Å². The summed E-state index contributed by atoms with van der Waals surface area (Å²) >= 11 is 0. The molecule has 1 fully saturated rings. The van der Waals surface area contributed by atoms with Crippen LogP contribution in [-0.2, 0) is 0 Å². The van der Waals surface area contributed by atoms with Gasteiger partial charge in [-0.25, -0.2) is 4.98 Å². The maximum Gasteiger partial charge on any atom is 0.229 e. The Morgan fingerprint density at radius 3 is 2.90 bits per heavy atom. The van der Waals surface area contributed by atoms with E-state index in [9.17, 15) is 0 Å². The molecule has 0 spiro atoms. The fraction of sp³-hybridized carbons (Fsp3) is 0.476. The highest BCUT2D eigenvalue weighted by Crippen LogP contribution is 2.32. The lowest BCUT2D eigenvalue weighted by Crippen LogP contribution is -2.23. The normalized spacial score (nSPS) is 16.3. The van der Waals surface area contributed by atoms with Crippen molar-refractivity contribution in [1.82, 2.24) is 14.9 Å². The fourth-order valence-corrected chi connectivity index (χ4v) is 3.42. The number of benzene rings is 1. The second-order valence-electron chi connectivity index (χ2n) is 7.13. The van der Waals surface area contributed by atoms with Crippen LogP contribution in [0.15, 0.2) is 24.3 Å². The molecule has 0 bridgehead atoms. The lowest BCUT2D eigenvalue weighted by atomic mass is 10.1. The Hall–Kier alpha value is -3.05. The first kappa shape index (κ1) is 20.7. The third-order valence-corrected chi connectivity index (χ3v) is 4.91. The Balaban J connectivity index is 1.65. The van der Waals surface area contributed by atoms with Gasteiger partial charge >= 0.3 is 0 Å². The molecular formula is C21H28N6O2. The first-order chi connectivity index (χ1) is 14.1. The van der Waals surface area contributed by atoms with Crippen LogP contribution < -0.4 is 20.1 Å². The van der Waals surface area contributed by atoms with Gasteiger partial charge in [-0.15, -0.1) is 0 Å². The molecule has 1 atom stereocenters. The van der Waals surface area contributed by atoms with Crippen LogP contribution in [0.5, 0.6) is 11.5 Å². The van der Waals surface area contributed by atoms with Crippen LogP contribution in [0, 0.1) is 24.2 Å². The highest BCUT2D eigenvalue weighted by Gasteiger charge is 2.23. The topological polar surface area (TPSA) is 95.3 Å². The number of nitrogens with zero attached hydrogens (tertiary/aromatic N) is 4. The van der Waals surface area contributed by atoms with Gasteiger partial charge in [0.2, 0.25) is 5.95 Å². The fourth-order valence-electron chi connectivity index (χ4n) is 3.42. The minimum atomic E-state index is 0.452. The van der Waals surface area contributed by atoms with Gasteiger partial charge in [-0.2, -0.15) is 10.2 Å². The Morgan fingerprint density at radius 2 is 2.14 bits per heavy atom. The molecule has 29 heavy (non-hydrogen) atoms. The summed E-state index contributed by atoms with van der Waals surface area (Å²) in [5.74, 6) is 3.11. The Bertz CT molecular complexity index is 867. The van der Waals surface area contributed by atoms with E-state index in [1.165, 1.54) is 0 Å². The van der Waals surface area contributed by atoms with Gasteiger partial charge in [-0.3, -0.25) is 0 Å². The number of aryl methyl sites for hydroxylation is 1. The van der Waals surface area contributed by atoms with Gasteiger partial charge in [-0.1, -0.05) is 0 Å². The van der Waals surface area contributed by atoms with Crippen molar-refractivity contribution in [2.45, 2.75) is 19.8 Å². The number of hydrogen-bond donors (Lipinski definition) is 2. The molecule has 2 heterocycles. The lowest BCUT2D eigenvalue weighted by Gasteiger charge is -2.17. The van der Waals surface area contributed by atoms with Gasteiger partial charge < -0.3 is 25.0 Å². The highest BCUT2D eigenvalue weighted by molar-refractivity contribution is 5.60. The molecule has 154 valence electrons. The van der Waals surface area contributed by atoms with Gasteiger partial charge in [0.25, 0.3) is 0 Å². The van der Waals surface area contributed by atoms with Crippen molar-refractivity contribution >= 4 is 17.5 Å². The quantitative estimate of drug-likeness (QED) is 0.667. The van der Waals surface area contributed by atoms with E-state index in [4.69, 9.17) is 14.7 Å². The number of aromatic nitrogens is 2. The molecule has 1 aromatic carbocycles. The van der Waals surface area contributed by atoms with Crippen LogP contribution in [0.3, 0.4) is 0 Å². The molecule has 0 saturated carbocycles. The van der Waals surface area contributed by atoms with Crippen LogP contribution in [0.1, 0.15) is 18.5 Å². The third-order valence-electron chi connectivity index (χ3n) is 4.91. The van der Waals surface area contributed by atoms with Crippen LogP contribution in [0.4, 0.5) is 17.5 Å². The molecule has 1 unspecified atom stereocenters. The van der Waals surface area contributed by atoms with E-state index >= 15 is 0 Å². The average molecular weight is 396 g/mol. The largest absolute Gasteiger partial charge is 0.493 e. The number of hydrogen-bond acceptors (Lipinski definition) is 8. The number of ether oxygens (including phenoxy) is 2. The monoisotopic (exact) mass is 396 g/mol. The number of nitriles is 1. The first-order valence-electron chi connectivity index (χ1n) is 9.82. The molecule has 0 aliphatic carbocycles. The predicted octanol–water partition coefficient (Wildman–Crippen LogP) is 3.19. The molecular weight excluding hydrogens is 368 g/mol. The van der Waals surface area contributed by atoms with Crippen molar-refractivity contribution in [3.05, 3.63) is 30.0 Å². The summed E-state index contributed by atoms with van der Waals surface area (Å²) in [6.07, 6.45) is 1.65. The smallest absolute Gasteiger partial charge is 0.229 e. The van der Waals surface area contributed by atoms with E-state index in [1.54, 1.807) is 7.11 Å². The maximum atomic E-state index is 8.74. The third kappa shape index (κ3) is 5.72. The summed E-state index contributed by atoms with van der Waals surface area (Å²) in [4.78, 5) is 11.2. The van der Waals surface area contributed by atoms with E-state index in [1.807, 2.05) is 38.2 Å². The molecule has 3 rings (SSSR count). The molecule has 1 aromatic heterocycles. The van der Waals surface area contributed by atoms with Crippen molar-refractivity contribution in [2.75, 3.05) is 51.0 Å². The molecule has 1 saturated heterocycles. The predicted molar refractivity (Wildman–Crippen MR) is 113 cm³/mol.